The molecular formula is C22H21ClN2. The van der Waals surface area contributed by atoms with E-state index in [0.29, 0.717) is 0 Å². The third-order valence-electron chi connectivity index (χ3n) is 4.67. The van der Waals surface area contributed by atoms with Gasteiger partial charge in [0.05, 0.1) is 5.39 Å². The van der Waals surface area contributed by atoms with Crippen LogP contribution in [-0.4, -0.2) is 6.54 Å². The van der Waals surface area contributed by atoms with Crippen LogP contribution in [0.1, 0.15) is 18.1 Å². The average molecular weight is 349 g/mol. The molecule has 0 saturated heterocycles. The molecule has 0 unspecified atom stereocenters. The summed E-state index contributed by atoms with van der Waals surface area (Å²) in [6.45, 7) is 3.15. The Morgan fingerprint density at radius 2 is 1.72 bits per heavy atom. The molecule has 0 N–H and O–H groups in total. The number of pyridine rings is 1. The minimum absolute atomic E-state index is 0. The van der Waals surface area contributed by atoms with Gasteiger partial charge < -0.3 is 17.3 Å². The first kappa shape index (κ1) is 17.2. The molecule has 3 aromatic rings. The lowest BCUT2D eigenvalue weighted by Crippen LogP contribution is -3.00. The Morgan fingerprint density at radius 3 is 2.56 bits per heavy atom. The molecule has 25 heavy (non-hydrogen) atoms. The normalized spacial score (nSPS) is 14.5. The first-order valence-electron chi connectivity index (χ1n) is 8.41. The second-order valence-corrected chi connectivity index (χ2v) is 6.10. The van der Waals surface area contributed by atoms with Crippen LogP contribution in [0.15, 0.2) is 72.6 Å². The van der Waals surface area contributed by atoms with Crippen molar-refractivity contribution in [3.05, 3.63) is 83.7 Å². The van der Waals surface area contributed by atoms with Crippen molar-refractivity contribution in [3.63, 3.8) is 0 Å². The summed E-state index contributed by atoms with van der Waals surface area (Å²) in [6, 6.07) is 19.3. The standard InChI is InChI=1S/C22H21N2.ClH/c1-3-24-19(13-12-17-8-4-6-10-21(17)24)16-18-14-15-23(2)22-11-7-5-9-20(18)22;/h4-16H,3H2,1-2H3;1H/q+1;/p-1. The predicted molar refractivity (Wildman–Crippen MR) is 102 cm³/mol. The maximum atomic E-state index is 2.37. The van der Waals surface area contributed by atoms with E-state index in [-0.39, 0.29) is 12.4 Å². The van der Waals surface area contributed by atoms with Gasteiger partial charge in [-0.05, 0) is 42.3 Å². The zero-order chi connectivity index (χ0) is 16.5. The van der Waals surface area contributed by atoms with E-state index in [0.717, 1.165) is 6.54 Å². The summed E-state index contributed by atoms with van der Waals surface area (Å²) in [5, 5.41) is 1.28. The summed E-state index contributed by atoms with van der Waals surface area (Å²) < 4.78 is 2.17. The molecule has 3 heteroatoms. The number of hydrogen-bond donors (Lipinski definition) is 0. The van der Waals surface area contributed by atoms with Gasteiger partial charge in [0.25, 0.3) is 0 Å². The lowest BCUT2D eigenvalue weighted by molar-refractivity contribution is -0.644. The third kappa shape index (κ3) is 3.06. The highest BCUT2D eigenvalue weighted by Crippen LogP contribution is 2.32. The Morgan fingerprint density at radius 1 is 0.960 bits per heavy atom. The molecule has 4 rings (SSSR count). The summed E-state index contributed by atoms with van der Waals surface area (Å²) in [5.74, 6) is 0. The van der Waals surface area contributed by atoms with Gasteiger partial charge >= 0.3 is 0 Å². The number of benzene rings is 2. The van der Waals surface area contributed by atoms with E-state index < -0.39 is 0 Å². The van der Waals surface area contributed by atoms with E-state index in [1.807, 2.05) is 0 Å². The van der Waals surface area contributed by atoms with Gasteiger partial charge in [0.1, 0.15) is 7.05 Å². The van der Waals surface area contributed by atoms with Crippen molar-refractivity contribution in [1.82, 2.24) is 0 Å². The predicted octanol–water partition coefficient (Wildman–Crippen LogP) is 1.56. The van der Waals surface area contributed by atoms with Gasteiger partial charge in [-0.1, -0.05) is 36.4 Å². The molecule has 0 saturated carbocycles. The Hall–Kier alpha value is -2.58. The number of likely N-dealkylation sites (N-methyl/N-ethyl adjacent to an activating group) is 1. The van der Waals surface area contributed by atoms with Gasteiger partial charge in [-0.3, -0.25) is 0 Å². The largest absolute Gasteiger partial charge is 1.00 e. The second kappa shape index (κ2) is 7.12. The molecule has 0 fully saturated rings. The van der Waals surface area contributed by atoms with Gasteiger partial charge in [0, 0.05) is 30.1 Å². The molecule has 1 aliphatic heterocycles. The lowest BCUT2D eigenvalue weighted by Gasteiger charge is -2.29. The van der Waals surface area contributed by atoms with Crippen LogP contribution in [0.4, 0.5) is 5.69 Å². The Bertz CT molecular complexity index is 973. The van der Waals surface area contributed by atoms with Crippen molar-refractivity contribution in [2.75, 3.05) is 11.4 Å². The number of aryl methyl sites for hydroxylation is 1. The quantitative estimate of drug-likeness (QED) is 0.638. The number of nitrogens with zero attached hydrogens (tertiary/aromatic N) is 2. The molecule has 2 aromatic carbocycles. The highest BCUT2D eigenvalue weighted by Gasteiger charge is 2.16. The van der Waals surface area contributed by atoms with Crippen LogP contribution in [0.3, 0.4) is 0 Å². The molecule has 1 aliphatic rings. The third-order valence-corrected chi connectivity index (χ3v) is 4.67. The number of fused-ring (bicyclic) bond motifs is 2. The van der Waals surface area contributed by atoms with Crippen LogP contribution < -0.4 is 21.9 Å². The van der Waals surface area contributed by atoms with E-state index in [2.05, 4.69) is 102 Å². The summed E-state index contributed by atoms with van der Waals surface area (Å²) in [4.78, 5) is 2.37. The highest BCUT2D eigenvalue weighted by atomic mass is 35.5. The fraction of sp³-hybridized carbons (Fsp3) is 0.136. The Labute approximate surface area is 155 Å². The minimum atomic E-state index is 0. The number of halogens is 1. The van der Waals surface area contributed by atoms with Crippen molar-refractivity contribution < 1.29 is 17.0 Å². The molecule has 0 aliphatic carbocycles. The van der Waals surface area contributed by atoms with Gasteiger partial charge in [-0.25, -0.2) is 4.57 Å². The van der Waals surface area contributed by atoms with Gasteiger partial charge in [-0.2, -0.15) is 0 Å². The number of aromatic nitrogens is 1. The Kier molecular flexibility index (Phi) is 4.91. The fourth-order valence-corrected chi connectivity index (χ4v) is 3.43. The number of allylic oxidation sites excluding steroid dienone is 1. The maximum absolute atomic E-state index is 2.37. The smallest absolute Gasteiger partial charge is 0.212 e. The van der Waals surface area contributed by atoms with Crippen LogP contribution in [0.25, 0.3) is 23.1 Å². The topological polar surface area (TPSA) is 7.12 Å². The number of anilines is 1. The second-order valence-electron chi connectivity index (χ2n) is 6.10. The van der Waals surface area contributed by atoms with Gasteiger partial charge in [0.15, 0.2) is 6.20 Å². The molecule has 0 spiro atoms. The summed E-state index contributed by atoms with van der Waals surface area (Å²) >= 11 is 0. The summed E-state index contributed by atoms with van der Waals surface area (Å²) in [6.07, 6.45) is 8.84. The van der Waals surface area contributed by atoms with Crippen molar-refractivity contribution in [3.8, 4) is 0 Å². The maximum Gasteiger partial charge on any atom is 0.212 e. The first-order chi connectivity index (χ1) is 11.8. The molecule has 2 nitrogen and oxygen atoms in total. The SMILES string of the molecule is CCN1C(=Cc2cc[n+](C)c3ccccc23)C=Cc2ccccc21.[Cl-]. The molecule has 0 radical (unpaired) electrons. The van der Waals surface area contributed by atoms with Gasteiger partial charge in [0.2, 0.25) is 5.52 Å². The van der Waals surface area contributed by atoms with Crippen molar-refractivity contribution in [2.24, 2.45) is 7.05 Å². The Balaban J connectivity index is 0.00000182. The monoisotopic (exact) mass is 348 g/mol. The summed E-state index contributed by atoms with van der Waals surface area (Å²) in [5.41, 5.74) is 6.28. The average Bonchev–Trinajstić information content (AvgIpc) is 2.64. The number of hydrogen-bond acceptors (Lipinski definition) is 1. The molecule has 0 atom stereocenters. The highest BCUT2D eigenvalue weighted by molar-refractivity contribution is 5.88. The van der Waals surface area contributed by atoms with Crippen LogP contribution in [-0.2, 0) is 7.05 Å². The van der Waals surface area contributed by atoms with Crippen LogP contribution in [0.5, 0.6) is 0 Å². The molecule has 0 amide bonds. The van der Waals surface area contributed by atoms with Crippen molar-refractivity contribution in [2.45, 2.75) is 6.92 Å². The molecule has 1 aromatic heterocycles. The van der Waals surface area contributed by atoms with Crippen molar-refractivity contribution in [1.29, 1.82) is 0 Å². The van der Waals surface area contributed by atoms with Gasteiger partial charge in [-0.15, -0.1) is 0 Å². The van der Waals surface area contributed by atoms with Crippen molar-refractivity contribution >= 4 is 28.7 Å². The fourth-order valence-electron chi connectivity index (χ4n) is 3.43. The van der Waals surface area contributed by atoms with Crippen LogP contribution in [0, 0.1) is 0 Å². The first-order valence-corrected chi connectivity index (χ1v) is 8.41. The number of para-hydroxylation sites is 2. The molecule has 126 valence electrons. The lowest BCUT2D eigenvalue weighted by atomic mass is 10.0. The van der Waals surface area contributed by atoms with E-state index in [4.69, 9.17) is 0 Å². The zero-order valence-corrected chi connectivity index (χ0v) is 15.2. The summed E-state index contributed by atoms with van der Waals surface area (Å²) in [7, 11) is 2.09. The molecule has 0 bridgehead atoms. The molecule has 2 heterocycles. The molecular weight excluding hydrogens is 328 g/mol. The van der Waals surface area contributed by atoms with E-state index >= 15 is 0 Å². The van der Waals surface area contributed by atoms with E-state index in [1.165, 1.54) is 33.4 Å². The van der Waals surface area contributed by atoms with Crippen LogP contribution in [0.2, 0.25) is 0 Å². The van der Waals surface area contributed by atoms with E-state index in [1.54, 1.807) is 0 Å². The zero-order valence-electron chi connectivity index (χ0n) is 14.5. The van der Waals surface area contributed by atoms with Crippen LogP contribution >= 0.6 is 0 Å². The van der Waals surface area contributed by atoms with E-state index in [9.17, 15) is 0 Å². The number of rotatable bonds is 2. The minimum Gasteiger partial charge on any atom is -1.00 e.